The topological polar surface area (TPSA) is 95.5 Å². The molecule has 0 aromatic heterocycles. The summed E-state index contributed by atoms with van der Waals surface area (Å²) in [5.41, 5.74) is -0.716. The third kappa shape index (κ3) is 8.58. The summed E-state index contributed by atoms with van der Waals surface area (Å²) in [5.74, 6) is -1.53. The van der Waals surface area contributed by atoms with Gasteiger partial charge in [-0.3, -0.25) is 14.9 Å². The van der Waals surface area contributed by atoms with Crippen molar-refractivity contribution < 1.29 is 19.5 Å². The van der Waals surface area contributed by atoms with E-state index in [0.717, 1.165) is 0 Å². The van der Waals surface area contributed by atoms with Crippen LogP contribution in [0.4, 0.5) is 4.79 Å². The maximum Gasteiger partial charge on any atom is 0.321 e. The minimum atomic E-state index is -0.990. The molecule has 18 heavy (non-hydrogen) atoms. The molecular weight excluding hydrogens is 260 g/mol. The Morgan fingerprint density at radius 2 is 1.83 bits per heavy atom. The van der Waals surface area contributed by atoms with Crippen molar-refractivity contribution in [2.45, 2.75) is 26.7 Å². The number of nitrogens with one attached hydrogen (secondary N) is 2. The number of rotatable bonds is 6. The van der Waals surface area contributed by atoms with Gasteiger partial charge in [-0.25, -0.2) is 4.79 Å². The van der Waals surface area contributed by atoms with Crippen LogP contribution in [-0.4, -0.2) is 29.6 Å². The highest BCUT2D eigenvalue weighted by Crippen LogP contribution is 2.24. The first-order chi connectivity index (χ1) is 8.12. The van der Waals surface area contributed by atoms with Crippen LogP contribution in [0.2, 0.25) is 0 Å². The number of carbonyl (C=O) groups excluding carboxylic acids is 2. The van der Waals surface area contributed by atoms with Gasteiger partial charge in [0.25, 0.3) is 0 Å². The Hall–Kier alpha value is -1.56. The molecule has 0 aromatic carbocycles. The number of aliphatic carboxylic acids is 1. The molecule has 0 unspecified atom stereocenters. The number of carboxylic acid groups (broad SMARTS) is 1. The summed E-state index contributed by atoms with van der Waals surface area (Å²) in [6.07, 6.45) is -0.213. The molecule has 0 bridgehead atoms. The van der Waals surface area contributed by atoms with Gasteiger partial charge in [-0.15, -0.1) is 0 Å². The molecule has 3 N–H and O–H groups in total. The van der Waals surface area contributed by atoms with Crippen LogP contribution in [0.15, 0.2) is 11.6 Å². The number of halogens is 1. The molecule has 0 aliphatic carbocycles. The highest BCUT2D eigenvalue weighted by molar-refractivity contribution is 6.29. The second kappa shape index (κ2) is 7.00. The van der Waals surface area contributed by atoms with Crippen molar-refractivity contribution in [2.75, 3.05) is 6.54 Å². The molecule has 0 aromatic rings. The number of urea groups is 1. The summed E-state index contributed by atoms with van der Waals surface area (Å²) < 4.78 is 0. The van der Waals surface area contributed by atoms with Crippen molar-refractivity contribution in [1.82, 2.24) is 10.6 Å². The first-order valence-corrected chi connectivity index (χ1v) is 5.63. The highest BCUT2D eigenvalue weighted by Gasteiger charge is 2.25. The monoisotopic (exact) mass is 276 g/mol. The lowest BCUT2D eigenvalue weighted by atomic mass is 9.85. The van der Waals surface area contributed by atoms with E-state index in [9.17, 15) is 14.4 Å². The van der Waals surface area contributed by atoms with E-state index in [1.54, 1.807) is 13.8 Å². The van der Waals surface area contributed by atoms with Crippen LogP contribution >= 0.6 is 11.6 Å². The molecule has 0 aliphatic heterocycles. The van der Waals surface area contributed by atoms with Gasteiger partial charge in [-0.05, 0) is 5.41 Å². The fraction of sp³-hybridized carbons (Fsp3) is 0.545. The van der Waals surface area contributed by atoms with Crippen LogP contribution < -0.4 is 10.6 Å². The Kier molecular flexibility index (Phi) is 6.40. The summed E-state index contributed by atoms with van der Waals surface area (Å²) in [4.78, 5) is 33.2. The van der Waals surface area contributed by atoms with Crippen LogP contribution in [-0.2, 0) is 9.59 Å². The van der Waals surface area contributed by atoms with Gasteiger partial charge in [0.05, 0.1) is 13.0 Å². The molecular formula is C11H17ClN2O4. The maximum absolute atomic E-state index is 11.5. The smallest absolute Gasteiger partial charge is 0.321 e. The van der Waals surface area contributed by atoms with E-state index in [4.69, 9.17) is 16.7 Å². The summed E-state index contributed by atoms with van der Waals surface area (Å²) in [5, 5.41) is 13.3. The van der Waals surface area contributed by atoms with Gasteiger partial charge in [-0.2, -0.15) is 0 Å². The number of carboxylic acids is 1. The van der Waals surface area contributed by atoms with Crippen molar-refractivity contribution in [2.24, 2.45) is 5.41 Å². The number of hydrogen-bond acceptors (Lipinski definition) is 3. The van der Waals surface area contributed by atoms with Crippen molar-refractivity contribution in [3.05, 3.63) is 11.6 Å². The minimum Gasteiger partial charge on any atom is -0.481 e. The van der Waals surface area contributed by atoms with Crippen LogP contribution in [0.5, 0.6) is 0 Å². The summed E-state index contributed by atoms with van der Waals surface area (Å²) in [6, 6.07) is -0.687. The van der Waals surface area contributed by atoms with E-state index in [2.05, 4.69) is 17.2 Å². The highest BCUT2D eigenvalue weighted by atomic mass is 35.5. The molecule has 0 spiro atoms. The fourth-order valence-corrected chi connectivity index (χ4v) is 1.36. The molecule has 6 nitrogen and oxygen atoms in total. The molecule has 0 atom stereocenters. The predicted octanol–water partition coefficient (Wildman–Crippen LogP) is 1.46. The molecule has 3 amide bonds. The first-order valence-electron chi connectivity index (χ1n) is 5.25. The Morgan fingerprint density at radius 3 is 2.28 bits per heavy atom. The van der Waals surface area contributed by atoms with E-state index in [1.165, 1.54) is 0 Å². The molecule has 0 aliphatic rings. The SMILES string of the molecule is C=C(Cl)CNC(=O)NC(=O)CC(C)(C)CC(=O)O. The zero-order valence-corrected chi connectivity index (χ0v) is 11.1. The lowest BCUT2D eigenvalue weighted by Gasteiger charge is -2.21. The molecule has 0 heterocycles. The van der Waals surface area contributed by atoms with Crippen molar-refractivity contribution in [1.29, 1.82) is 0 Å². The third-order valence-corrected chi connectivity index (χ3v) is 2.10. The van der Waals surface area contributed by atoms with E-state index < -0.39 is 23.3 Å². The molecule has 0 saturated heterocycles. The van der Waals surface area contributed by atoms with Gasteiger partial charge in [0.15, 0.2) is 0 Å². The average Bonchev–Trinajstić information content (AvgIpc) is 2.10. The standard InChI is InChI=1S/C11H17ClN2O4/c1-7(12)6-13-10(18)14-8(15)4-11(2,3)5-9(16)17/h1,4-6H2,2-3H3,(H,16,17)(H2,13,14,15,18). The van der Waals surface area contributed by atoms with Crippen LogP contribution in [0.1, 0.15) is 26.7 Å². The predicted molar refractivity (Wildman–Crippen MR) is 67.2 cm³/mol. The molecule has 0 radical (unpaired) electrons. The van der Waals surface area contributed by atoms with Crippen molar-refractivity contribution in [3.63, 3.8) is 0 Å². The van der Waals surface area contributed by atoms with E-state index in [0.29, 0.717) is 0 Å². The summed E-state index contributed by atoms with van der Waals surface area (Å²) in [6.45, 7) is 6.70. The number of amides is 3. The Balaban J connectivity index is 4.14. The summed E-state index contributed by atoms with van der Waals surface area (Å²) >= 11 is 5.44. The molecule has 0 rings (SSSR count). The van der Waals surface area contributed by atoms with Crippen LogP contribution in [0.3, 0.4) is 0 Å². The molecule has 102 valence electrons. The third-order valence-electron chi connectivity index (χ3n) is 1.96. The second-order valence-corrected chi connectivity index (χ2v) is 5.19. The largest absolute Gasteiger partial charge is 0.481 e. The van der Waals surface area contributed by atoms with Crippen molar-refractivity contribution in [3.8, 4) is 0 Å². The van der Waals surface area contributed by atoms with E-state index >= 15 is 0 Å². The van der Waals surface area contributed by atoms with E-state index in [-0.39, 0.29) is 24.4 Å². The zero-order valence-electron chi connectivity index (χ0n) is 10.4. The van der Waals surface area contributed by atoms with E-state index in [1.807, 2.05) is 0 Å². The number of carbonyl (C=O) groups is 3. The summed E-state index contributed by atoms with van der Waals surface area (Å²) in [7, 11) is 0. The number of imide groups is 1. The van der Waals surface area contributed by atoms with Gasteiger partial charge < -0.3 is 10.4 Å². The maximum atomic E-state index is 11.5. The zero-order chi connectivity index (χ0) is 14.3. The van der Waals surface area contributed by atoms with Gasteiger partial charge in [0.1, 0.15) is 0 Å². The van der Waals surface area contributed by atoms with Gasteiger partial charge >= 0.3 is 12.0 Å². The number of hydrogen-bond donors (Lipinski definition) is 3. The first kappa shape index (κ1) is 16.4. The second-order valence-electron chi connectivity index (χ2n) is 4.66. The molecule has 7 heteroatoms. The van der Waals surface area contributed by atoms with Gasteiger partial charge in [-0.1, -0.05) is 32.0 Å². The Labute approximate surface area is 110 Å². The van der Waals surface area contributed by atoms with Gasteiger partial charge in [0.2, 0.25) is 5.91 Å². The van der Waals surface area contributed by atoms with Gasteiger partial charge in [0, 0.05) is 11.5 Å². The van der Waals surface area contributed by atoms with Crippen LogP contribution in [0.25, 0.3) is 0 Å². The Bertz CT molecular complexity index is 366. The Morgan fingerprint density at radius 1 is 1.28 bits per heavy atom. The minimum absolute atomic E-state index is 0.0547. The average molecular weight is 277 g/mol. The molecule has 0 fully saturated rings. The van der Waals surface area contributed by atoms with Crippen LogP contribution in [0, 0.1) is 5.41 Å². The quantitative estimate of drug-likeness (QED) is 0.684. The lowest BCUT2D eigenvalue weighted by Crippen LogP contribution is -2.41. The normalized spacial score (nSPS) is 10.6. The lowest BCUT2D eigenvalue weighted by molar-refractivity contribution is -0.139. The van der Waals surface area contributed by atoms with Crippen molar-refractivity contribution >= 4 is 29.5 Å². The molecule has 0 saturated carbocycles. The fourth-order valence-electron chi connectivity index (χ4n) is 1.30.